The number of carboxylic acid groups (broad SMARTS) is 1. The number of nitrogens with two attached hydrogens (primary N) is 6. The number of ether oxygens (including phenoxy) is 1. The van der Waals surface area contributed by atoms with E-state index in [2.05, 4.69) is 63.8 Å². The van der Waals surface area contributed by atoms with Crippen LogP contribution in [0.3, 0.4) is 0 Å². The molecule has 1 fully saturated rings. The van der Waals surface area contributed by atoms with E-state index in [0.29, 0.717) is 27.8 Å². The minimum absolute atomic E-state index is 0.0886. The summed E-state index contributed by atoms with van der Waals surface area (Å²) in [6, 6.07) is 8.20. The van der Waals surface area contributed by atoms with Crippen molar-refractivity contribution in [2.75, 3.05) is 37.7 Å². The molecule has 0 spiro atoms. The van der Waals surface area contributed by atoms with E-state index in [1.54, 1.807) is 84.9 Å². The van der Waals surface area contributed by atoms with Crippen LogP contribution in [0.5, 0.6) is 5.75 Å². The average molecular weight is 1650 g/mol. The number of aliphatic carboxylic acids is 1. The molecule has 0 aliphatic carbocycles. The number of carbonyl (C=O) groups excluding carboxylic acids is 16. The lowest BCUT2D eigenvalue weighted by molar-refractivity contribution is -0.140. The Kier molecular flexibility index (Phi) is 38.2. The predicted octanol–water partition coefficient (Wildman–Crippen LogP) is -4.24. The maximum Gasteiger partial charge on any atom is 0.303 e. The largest absolute Gasteiger partial charge is 0.492 e. The van der Waals surface area contributed by atoms with Crippen molar-refractivity contribution in [3.8, 4) is 5.75 Å². The SMILES string of the molecule is CC(=O)N[C@H]1CCSC[C@@H](C(=O)N[C@@H](Cc2ccc(OCCN)cc2)C(=O)N[C@@H](Cc2ccc3ccccc3c2)C(=O)N[C@@](C)(CCCCN)C(=O)N[C@@H](CCC(=O)O)C(=O)N[C@@H](CC(N)=O)C(=O)NCC(N)=O)NC(=O)[C@H](CCC(N)=O)NC(=O)[C@H](Cc2ccc(C(C)(C)C)cc2)NC(=O)[C@H]([C@@H](C)O)NC(=O)[C@H](CCC(N)=O)NC1=O. The molecule has 39 heteroatoms. The zero-order chi connectivity index (χ0) is 86.9. The first-order valence-corrected chi connectivity index (χ1v) is 39.3. The first-order chi connectivity index (χ1) is 55.2. The van der Waals surface area contributed by atoms with E-state index in [-0.39, 0.29) is 69.4 Å². The summed E-state index contributed by atoms with van der Waals surface area (Å²) >= 11 is 0.917. The van der Waals surface area contributed by atoms with E-state index in [4.69, 9.17) is 39.1 Å². The monoisotopic (exact) mass is 1650 g/mol. The number of aliphatic hydroxyl groups excluding tert-OH is 1. The molecule has 0 saturated carbocycles. The smallest absolute Gasteiger partial charge is 0.303 e. The van der Waals surface area contributed by atoms with E-state index in [9.17, 15) is 67.7 Å². The van der Waals surface area contributed by atoms with Gasteiger partial charge in [0, 0.05) is 57.7 Å². The van der Waals surface area contributed by atoms with E-state index in [1.807, 2.05) is 26.8 Å². The molecule has 1 aliphatic rings. The van der Waals surface area contributed by atoms with E-state index in [0.717, 1.165) is 36.6 Å². The maximum atomic E-state index is 15.7. The van der Waals surface area contributed by atoms with Crippen LogP contribution in [-0.2, 0) is 106 Å². The number of amides is 16. The molecular formula is C78H110N18O20S. The first-order valence-electron chi connectivity index (χ1n) is 38.1. The summed E-state index contributed by atoms with van der Waals surface area (Å²) in [5, 5.41) is 52.6. The van der Waals surface area contributed by atoms with Gasteiger partial charge in [-0.1, -0.05) is 99.6 Å². The summed E-state index contributed by atoms with van der Waals surface area (Å²) in [7, 11) is 0. The standard InChI is InChI=1S/C78H110N18O20S/c1-42(97)65-75(114)92-56(36-44-14-19-49(20-15-44)77(3,4)5)71(110)88-51(23-26-60(81)99)67(106)93-59(41-117-34-29-54(86-43(2)98)69(108)87-52(70(109)95-65)24-27-61(82)100)73(112)89-55(37-45-16-21-50(22-17-45)116-33-32-80)72(111)90-57(38-46-13-18-47-11-7-8-12-48(47)35-46)74(113)96-78(6,30-9-10-31-79)76(115)94-53(25-28-64(103)104)68(107)91-58(39-62(83)101)66(105)85-40-63(84)102/h7-8,11-22,35,42,51-59,65,97H,9-10,23-34,36-41,79-80H2,1-6H3,(H2,81,99)(H2,82,100)(H2,83,101)(H2,84,102)(H,85,105)(H,86,98)(H,87,108)(H,88,110)(H,89,112)(H,90,111)(H,91,107)(H,92,114)(H,93,106)(H,94,115)(H,95,109)(H,96,113)(H,103,104)/t42-,51+,52+,53+,54+,55+,56+,57+,58+,59+,65+,78+/m1/s1. The quantitative estimate of drug-likeness (QED) is 0.0188. The summed E-state index contributed by atoms with van der Waals surface area (Å²) in [5.41, 5.74) is 33.0. The van der Waals surface area contributed by atoms with Gasteiger partial charge in [-0.3, -0.25) is 81.5 Å². The summed E-state index contributed by atoms with van der Waals surface area (Å²) in [6.07, 6.45) is -7.19. The molecule has 0 unspecified atom stereocenters. The molecule has 5 rings (SSSR count). The summed E-state index contributed by atoms with van der Waals surface area (Å²) in [6.45, 7) is 9.02. The normalized spacial score (nSPS) is 19.0. The highest BCUT2D eigenvalue weighted by Gasteiger charge is 2.42. The first kappa shape index (κ1) is 95.7. The highest BCUT2D eigenvalue weighted by atomic mass is 32.2. The fourth-order valence-corrected chi connectivity index (χ4v) is 13.3. The topological polar surface area (TPSA) is 640 Å². The second kappa shape index (κ2) is 46.6. The second-order valence-electron chi connectivity index (χ2n) is 29.7. The summed E-state index contributed by atoms with van der Waals surface area (Å²) in [5.74, 6) is -18.4. The number of hydrogen-bond donors (Lipinski definition) is 20. The van der Waals surface area contributed by atoms with Gasteiger partial charge in [-0.2, -0.15) is 11.8 Å². The van der Waals surface area contributed by atoms with Gasteiger partial charge in [0.25, 0.3) is 0 Å². The molecular weight excluding hydrogens is 1540 g/mol. The number of hydrogen-bond acceptors (Lipinski definition) is 22. The van der Waals surface area contributed by atoms with Gasteiger partial charge in [0.1, 0.15) is 78.3 Å². The predicted molar refractivity (Wildman–Crippen MR) is 429 cm³/mol. The molecule has 26 N–H and O–H groups in total. The van der Waals surface area contributed by atoms with Gasteiger partial charge in [0.05, 0.1) is 19.1 Å². The van der Waals surface area contributed by atoms with Crippen molar-refractivity contribution in [1.29, 1.82) is 0 Å². The van der Waals surface area contributed by atoms with Crippen molar-refractivity contribution in [2.45, 2.75) is 209 Å². The number of aliphatic hydroxyl groups is 1. The number of unbranched alkanes of at least 4 members (excludes halogenated alkanes) is 1. The van der Waals surface area contributed by atoms with Crippen LogP contribution in [0, 0.1) is 0 Å². The number of benzene rings is 4. The number of nitrogens with one attached hydrogen (secondary N) is 12. The van der Waals surface area contributed by atoms with Gasteiger partial charge in [0.15, 0.2) is 0 Å². The van der Waals surface area contributed by atoms with Crippen molar-refractivity contribution in [1.82, 2.24) is 63.8 Å². The molecule has 638 valence electrons. The second-order valence-corrected chi connectivity index (χ2v) is 30.8. The highest BCUT2D eigenvalue weighted by molar-refractivity contribution is 7.99. The number of rotatable bonds is 39. The molecule has 0 radical (unpaired) electrons. The minimum Gasteiger partial charge on any atom is -0.492 e. The maximum absolute atomic E-state index is 15.7. The Labute approximate surface area is 680 Å². The third-order valence-electron chi connectivity index (χ3n) is 18.8. The van der Waals surface area contributed by atoms with Gasteiger partial charge in [-0.15, -0.1) is 0 Å². The molecule has 0 aromatic heterocycles. The van der Waals surface area contributed by atoms with Gasteiger partial charge < -0.3 is 113 Å². The lowest BCUT2D eigenvalue weighted by Gasteiger charge is -2.34. The van der Waals surface area contributed by atoms with Gasteiger partial charge in [0.2, 0.25) is 94.5 Å². The zero-order valence-electron chi connectivity index (χ0n) is 66.3. The van der Waals surface area contributed by atoms with Crippen LogP contribution >= 0.6 is 11.8 Å². The van der Waals surface area contributed by atoms with E-state index in [1.165, 1.54) is 6.92 Å². The van der Waals surface area contributed by atoms with Crippen LogP contribution in [-0.4, -0.2) is 221 Å². The third kappa shape index (κ3) is 32.8. The molecule has 4 aromatic carbocycles. The average Bonchev–Trinajstić information content (AvgIpc) is 0.735. The van der Waals surface area contributed by atoms with Gasteiger partial charge >= 0.3 is 5.97 Å². The van der Waals surface area contributed by atoms with Gasteiger partial charge in [-0.05, 0) is 122 Å². The molecule has 117 heavy (non-hydrogen) atoms. The van der Waals surface area contributed by atoms with Crippen LogP contribution in [0.15, 0.2) is 91.0 Å². The number of fused-ring (bicyclic) bond motifs is 1. The molecule has 1 saturated heterocycles. The van der Waals surface area contributed by atoms with Crippen molar-refractivity contribution in [2.24, 2.45) is 34.4 Å². The van der Waals surface area contributed by atoms with Crippen LogP contribution in [0.4, 0.5) is 0 Å². The Morgan fingerprint density at radius 2 is 1.15 bits per heavy atom. The number of primary amides is 4. The number of carboxylic acids is 1. The van der Waals surface area contributed by atoms with Crippen LogP contribution in [0.1, 0.15) is 134 Å². The lowest BCUT2D eigenvalue weighted by atomic mass is 9.86. The third-order valence-corrected chi connectivity index (χ3v) is 19.9. The highest BCUT2D eigenvalue weighted by Crippen LogP contribution is 2.25. The summed E-state index contributed by atoms with van der Waals surface area (Å²) in [4.78, 5) is 236. The summed E-state index contributed by atoms with van der Waals surface area (Å²) < 4.78 is 5.71. The molecule has 4 aromatic rings. The fraction of sp³-hybridized carbons (Fsp3) is 0.500. The van der Waals surface area contributed by atoms with Gasteiger partial charge in [-0.25, -0.2) is 0 Å². The van der Waals surface area contributed by atoms with Crippen molar-refractivity contribution in [3.63, 3.8) is 0 Å². The molecule has 12 atom stereocenters. The van der Waals surface area contributed by atoms with Crippen LogP contribution in [0.25, 0.3) is 10.8 Å². The minimum atomic E-state index is -2.09. The zero-order valence-corrected chi connectivity index (χ0v) is 67.1. The number of carbonyl (C=O) groups is 17. The van der Waals surface area contributed by atoms with E-state index < -0.39 is 236 Å². The Morgan fingerprint density at radius 1 is 0.581 bits per heavy atom. The van der Waals surface area contributed by atoms with Crippen molar-refractivity contribution in [3.05, 3.63) is 113 Å². The number of thioether (sulfide) groups is 1. The Bertz CT molecular complexity index is 4200. The molecule has 1 heterocycles. The lowest BCUT2D eigenvalue weighted by Crippen LogP contribution is -2.64. The molecule has 16 amide bonds. The Balaban J connectivity index is 1.68. The fourth-order valence-electron chi connectivity index (χ4n) is 12.3. The Morgan fingerprint density at radius 3 is 1.73 bits per heavy atom. The van der Waals surface area contributed by atoms with Crippen LogP contribution in [0.2, 0.25) is 0 Å². The molecule has 1 aliphatic heterocycles. The van der Waals surface area contributed by atoms with E-state index >= 15 is 24.0 Å². The molecule has 38 nitrogen and oxygen atoms in total. The van der Waals surface area contributed by atoms with Crippen LogP contribution < -0.4 is 103 Å². The van der Waals surface area contributed by atoms with Crippen molar-refractivity contribution >= 4 is 123 Å². The molecule has 0 bridgehead atoms. The van der Waals surface area contributed by atoms with Crippen molar-refractivity contribution < 1.29 is 96.5 Å². The Hall–Kier alpha value is -11.8.